The Bertz CT molecular complexity index is 1070. The fourth-order valence-electron chi connectivity index (χ4n) is 3.19. The van der Waals surface area contributed by atoms with Crippen LogP contribution in [0.5, 0.6) is 5.75 Å². The minimum absolute atomic E-state index is 0.231. The monoisotopic (exact) mass is 423 g/mol. The van der Waals surface area contributed by atoms with E-state index in [9.17, 15) is 14.4 Å². The topological polar surface area (TPSA) is 110 Å². The largest absolute Gasteiger partial charge is 0.497 e. The van der Waals surface area contributed by atoms with Crippen LogP contribution in [0.15, 0.2) is 54.7 Å². The molecule has 8 heteroatoms. The minimum Gasteiger partial charge on any atom is -0.497 e. The van der Waals surface area contributed by atoms with Gasteiger partial charge in [-0.3, -0.25) is 9.59 Å². The number of benzene rings is 2. The van der Waals surface area contributed by atoms with Crippen LogP contribution < -0.4 is 15.4 Å². The molecule has 0 saturated heterocycles. The molecule has 31 heavy (non-hydrogen) atoms. The van der Waals surface area contributed by atoms with Crippen LogP contribution in [-0.2, 0) is 25.5 Å². The van der Waals surface area contributed by atoms with Crippen LogP contribution in [0.3, 0.4) is 0 Å². The minimum atomic E-state index is -1.05. The second-order valence-electron chi connectivity index (χ2n) is 7.11. The number of para-hydroxylation sites is 1. The van der Waals surface area contributed by atoms with E-state index >= 15 is 0 Å². The molecule has 162 valence electrons. The van der Waals surface area contributed by atoms with Gasteiger partial charge in [0.1, 0.15) is 11.8 Å². The van der Waals surface area contributed by atoms with Gasteiger partial charge in [0.15, 0.2) is 6.10 Å². The third kappa shape index (κ3) is 5.63. The Hall–Kier alpha value is -3.81. The number of anilines is 1. The first-order valence-corrected chi connectivity index (χ1v) is 9.85. The quantitative estimate of drug-likeness (QED) is 0.483. The molecule has 0 aliphatic carbocycles. The predicted molar refractivity (Wildman–Crippen MR) is 117 cm³/mol. The SMILES string of the molecule is COc1ccc(NC(=O)[C@@H](C)OC(=O)[C@H](Cc2c[nH]c3ccccc23)NC(C)=O)cc1. The third-order valence-electron chi connectivity index (χ3n) is 4.78. The van der Waals surface area contributed by atoms with Crippen LogP contribution in [-0.4, -0.2) is 42.0 Å². The highest BCUT2D eigenvalue weighted by Crippen LogP contribution is 2.20. The van der Waals surface area contributed by atoms with E-state index in [-0.39, 0.29) is 12.3 Å². The van der Waals surface area contributed by atoms with Gasteiger partial charge >= 0.3 is 5.97 Å². The molecule has 0 unspecified atom stereocenters. The second kappa shape index (κ2) is 9.80. The van der Waals surface area contributed by atoms with E-state index in [4.69, 9.17) is 9.47 Å². The lowest BCUT2D eigenvalue weighted by molar-refractivity contribution is -0.156. The molecule has 0 fully saturated rings. The van der Waals surface area contributed by atoms with Crippen molar-refractivity contribution < 1.29 is 23.9 Å². The van der Waals surface area contributed by atoms with E-state index in [0.717, 1.165) is 16.5 Å². The maximum Gasteiger partial charge on any atom is 0.329 e. The Morgan fingerprint density at radius 3 is 2.45 bits per heavy atom. The highest BCUT2D eigenvalue weighted by molar-refractivity contribution is 5.96. The number of nitrogens with one attached hydrogen (secondary N) is 3. The highest BCUT2D eigenvalue weighted by Gasteiger charge is 2.27. The van der Waals surface area contributed by atoms with Crippen LogP contribution in [0, 0.1) is 0 Å². The zero-order valence-electron chi connectivity index (χ0n) is 17.6. The number of esters is 1. The lowest BCUT2D eigenvalue weighted by atomic mass is 10.0. The first kappa shape index (κ1) is 21.9. The summed E-state index contributed by atoms with van der Waals surface area (Å²) in [7, 11) is 1.55. The van der Waals surface area contributed by atoms with E-state index in [0.29, 0.717) is 11.4 Å². The highest BCUT2D eigenvalue weighted by atomic mass is 16.5. The van der Waals surface area contributed by atoms with E-state index in [1.807, 2.05) is 24.3 Å². The summed E-state index contributed by atoms with van der Waals surface area (Å²) in [6.07, 6.45) is 0.982. The number of amides is 2. The van der Waals surface area contributed by atoms with Crippen molar-refractivity contribution in [2.75, 3.05) is 12.4 Å². The number of rotatable bonds is 8. The van der Waals surface area contributed by atoms with Crippen molar-refractivity contribution in [3.8, 4) is 5.75 Å². The van der Waals surface area contributed by atoms with Crippen molar-refractivity contribution in [3.05, 3.63) is 60.3 Å². The number of methoxy groups -OCH3 is 1. The molecule has 1 aromatic heterocycles. The van der Waals surface area contributed by atoms with Gasteiger partial charge in [-0.05, 0) is 42.8 Å². The van der Waals surface area contributed by atoms with E-state index in [1.165, 1.54) is 13.8 Å². The predicted octanol–water partition coefficient (Wildman–Crippen LogP) is 2.79. The van der Waals surface area contributed by atoms with E-state index in [2.05, 4.69) is 15.6 Å². The van der Waals surface area contributed by atoms with Gasteiger partial charge in [-0.15, -0.1) is 0 Å². The standard InChI is InChI=1S/C23H25N3O5/c1-14(22(28)26-17-8-10-18(30-3)11-9-17)31-23(29)21(25-15(2)27)12-16-13-24-20-7-5-4-6-19(16)20/h4-11,13-14,21,24H,12H2,1-3H3,(H,25,27)(H,26,28)/t14-,21+/m1/s1. The number of H-pyrrole nitrogens is 1. The number of fused-ring (bicyclic) bond motifs is 1. The summed E-state index contributed by atoms with van der Waals surface area (Å²) in [6.45, 7) is 2.81. The first-order chi connectivity index (χ1) is 14.9. The van der Waals surface area contributed by atoms with Crippen LogP contribution >= 0.6 is 0 Å². The smallest absolute Gasteiger partial charge is 0.329 e. The maximum absolute atomic E-state index is 12.7. The van der Waals surface area contributed by atoms with Crippen LogP contribution in [0.4, 0.5) is 5.69 Å². The van der Waals surface area contributed by atoms with Crippen molar-refractivity contribution in [3.63, 3.8) is 0 Å². The summed E-state index contributed by atoms with van der Waals surface area (Å²) in [6, 6.07) is 13.5. The van der Waals surface area contributed by atoms with Gasteiger partial charge in [0.25, 0.3) is 5.91 Å². The molecule has 2 aromatic carbocycles. The second-order valence-corrected chi connectivity index (χ2v) is 7.11. The molecule has 2 atom stereocenters. The van der Waals surface area contributed by atoms with Gasteiger partial charge in [-0.2, -0.15) is 0 Å². The molecule has 0 bridgehead atoms. The van der Waals surface area contributed by atoms with E-state index < -0.39 is 24.0 Å². The molecule has 0 spiro atoms. The summed E-state index contributed by atoms with van der Waals surface area (Å²) in [5.74, 6) is -0.866. The van der Waals surface area contributed by atoms with Crippen molar-refractivity contribution in [2.24, 2.45) is 0 Å². The molecule has 3 aromatic rings. The van der Waals surface area contributed by atoms with Crippen molar-refractivity contribution in [1.29, 1.82) is 0 Å². The normalized spacial score (nSPS) is 12.6. The van der Waals surface area contributed by atoms with Gasteiger partial charge in [0, 0.05) is 36.1 Å². The Morgan fingerprint density at radius 1 is 1.06 bits per heavy atom. The number of ether oxygens (including phenoxy) is 2. The summed E-state index contributed by atoms with van der Waals surface area (Å²) >= 11 is 0. The lowest BCUT2D eigenvalue weighted by Gasteiger charge is -2.20. The summed E-state index contributed by atoms with van der Waals surface area (Å²) < 4.78 is 10.4. The number of carbonyl (C=O) groups is 3. The van der Waals surface area contributed by atoms with Crippen molar-refractivity contribution in [1.82, 2.24) is 10.3 Å². The molecule has 2 amide bonds. The van der Waals surface area contributed by atoms with Gasteiger partial charge < -0.3 is 25.1 Å². The fraction of sp³-hybridized carbons (Fsp3) is 0.261. The van der Waals surface area contributed by atoms with Crippen molar-refractivity contribution in [2.45, 2.75) is 32.4 Å². The fourth-order valence-corrected chi connectivity index (χ4v) is 3.19. The molecule has 0 aliphatic heterocycles. The number of aromatic amines is 1. The Kier molecular flexibility index (Phi) is 6.92. The first-order valence-electron chi connectivity index (χ1n) is 9.85. The Morgan fingerprint density at radius 2 is 1.77 bits per heavy atom. The summed E-state index contributed by atoms with van der Waals surface area (Å²) in [5.41, 5.74) is 2.34. The molecule has 3 N–H and O–H groups in total. The van der Waals surface area contributed by atoms with Crippen LogP contribution in [0.2, 0.25) is 0 Å². The molecular weight excluding hydrogens is 398 g/mol. The number of aromatic nitrogens is 1. The van der Waals surface area contributed by atoms with Crippen LogP contribution in [0.1, 0.15) is 19.4 Å². The number of carbonyl (C=O) groups excluding carboxylic acids is 3. The molecular formula is C23H25N3O5. The number of hydrogen-bond acceptors (Lipinski definition) is 5. The molecule has 8 nitrogen and oxygen atoms in total. The summed E-state index contributed by atoms with van der Waals surface area (Å²) in [4.78, 5) is 40.0. The zero-order valence-corrected chi connectivity index (χ0v) is 17.6. The third-order valence-corrected chi connectivity index (χ3v) is 4.78. The summed E-state index contributed by atoms with van der Waals surface area (Å²) in [5, 5.41) is 6.25. The maximum atomic E-state index is 12.7. The van der Waals surface area contributed by atoms with E-state index in [1.54, 1.807) is 37.6 Å². The average Bonchev–Trinajstić information content (AvgIpc) is 3.16. The van der Waals surface area contributed by atoms with Gasteiger partial charge in [-0.25, -0.2) is 4.79 Å². The van der Waals surface area contributed by atoms with Gasteiger partial charge in [0.05, 0.1) is 7.11 Å². The Labute approximate surface area is 179 Å². The molecule has 1 heterocycles. The molecule has 0 radical (unpaired) electrons. The van der Waals surface area contributed by atoms with Gasteiger partial charge in [0.2, 0.25) is 5.91 Å². The van der Waals surface area contributed by atoms with Crippen molar-refractivity contribution >= 4 is 34.4 Å². The van der Waals surface area contributed by atoms with Gasteiger partial charge in [-0.1, -0.05) is 18.2 Å². The number of hydrogen-bond donors (Lipinski definition) is 3. The Balaban J connectivity index is 1.66. The molecule has 0 saturated carbocycles. The average molecular weight is 423 g/mol. The molecule has 3 rings (SSSR count). The molecule has 0 aliphatic rings. The lowest BCUT2D eigenvalue weighted by Crippen LogP contribution is -2.44. The zero-order chi connectivity index (χ0) is 22.4. The van der Waals surface area contributed by atoms with Crippen LogP contribution in [0.25, 0.3) is 10.9 Å².